The molecule has 1 aliphatic heterocycles. The van der Waals surface area contributed by atoms with E-state index in [1.165, 1.54) is 21.3 Å². The van der Waals surface area contributed by atoms with Crippen molar-refractivity contribution in [3.05, 3.63) is 45.7 Å². The highest BCUT2D eigenvalue weighted by Crippen LogP contribution is 2.32. The van der Waals surface area contributed by atoms with Crippen molar-refractivity contribution in [2.75, 3.05) is 20.1 Å². The van der Waals surface area contributed by atoms with Gasteiger partial charge in [0.1, 0.15) is 4.90 Å². The molecule has 0 radical (unpaired) electrons. The Balaban J connectivity index is 1.92. The first kappa shape index (κ1) is 21.1. The van der Waals surface area contributed by atoms with E-state index in [9.17, 15) is 13.2 Å². The average molecular weight is 445 g/mol. The van der Waals surface area contributed by atoms with Crippen LogP contribution in [0.1, 0.15) is 35.3 Å². The summed E-state index contributed by atoms with van der Waals surface area (Å²) in [5.41, 5.74) is 0.938. The lowest BCUT2D eigenvalue weighted by Gasteiger charge is -2.26. The molecule has 1 fully saturated rings. The van der Waals surface area contributed by atoms with Crippen molar-refractivity contribution < 1.29 is 13.2 Å². The number of carbonyl (C=O) groups excluding carboxylic acids is 1. The topological polar surface area (TPSA) is 75.5 Å². The number of carbonyl (C=O) groups is 1. The maximum Gasteiger partial charge on any atom is 0.255 e. The first-order valence-electron chi connectivity index (χ1n) is 8.93. The Morgan fingerprint density at radius 2 is 1.86 bits per heavy atom. The molecule has 1 aromatic heterocycles. The van der Waals surface area contributed by atoms with Crippen LogP contribution in [0.25, 0.3) is 0 Å². The first-order chi connectivity index (χ1) is 13.2. The number of aryl methyl sites for hydroxylation is 1. The fourth-order valence-corrected chi connectivity index (χ4v) is 5.56. The van der Waals surface area contributed by atoms with Crippen LogP contribution in [0.4, 0.5) is 0 Å². The molecule has 0 aliphatic carbocycles. The maximum absolute atomic E-state index is 13.0. The Kier molecular flexibility index (Phi) is 6.34. The van der Waals surface area contributed by atoms with Crippen molar-refractivity contribution in [1.82, 2.24) is 19.0 Å². The minimum Gasteiger partial charge on any atom is -0.336 e. The second-order valence-electron chi connectivity index (χ2n) is 6.83. The molecule has 0 bridgehead atoms. The minimum atomic E-state index is -3.79. The van der Waals surface area contributed by atoms with Gasteiger partial charge in [0.15, 0.2) is 0 Å². The number of benzene rings is 1. The van der Waals surface area contributed by atoms with Gasteiger partial charge in [0.25, 0.3) is 5.91 Å². The number of hydrogen-bond acceptors (Lipinski definition) is 4. The number of rotatable bonds is 5. The highest BCUT2D eigenvalue weighted by atomic mass is 35.5. The summed E-state index contributed by atoms with van der Waals surface area (Å²) in [6.45, 7) is 1.21. The third kappa shape index (κ3) is 4.20. The third-order valence-electron chi connectivity index (χ3n) is 4.85. The molecule has 3 rings (SSSR count). The van der Waals surface area contributed by atoms with Crippen LogP contribution in [-0.4, -0.2) is 53.4 Å². The van der Waals surface area contributed by atoms with E-state index in [0.29, 0.717) is 19.6 Å². The van der Waals surface area contributed by atoms with Gasteiger partial charge in [-0.3, -0.25) is 9.48 Å². The van der Waals surface area contributed by atoms with Crippen LogP contribution in [0.2, 0.25) is 10.0 Å². The van der Waals surface area contributed by atoms with Crippen LogP contribution in [0.5, 0.6) is 0 Å². The SMILES string of the molecule is CN(Cc1ccnn1C)C(=O)c1cc(S(=O)(=O)N2CCCCC2)c(Cl)cc1Cl. The van der Waals surface area contributed by atoms with E-state index in [4.69, 9.17) is 23.2 Å². The summed E-state index contributed by atoms with van der Waals surface area (Å²) in [6, 6.07) is 4.42. The molecular formula is C18H22Cl2N4O3S. The molecule has 2 heterocycles. The summed E-state index contributed by atoms with van der Waals surface area (Å²) in [5, 5.41) is 4.21. The molecule has 0 atom stereocenters. The molecule has 2 aromatic rings. The number of piperidine rings is 1. The molecule has 0 unspecified atom stereocenters. The normalized spacial score (nSPS) is 15.6. The average Bonchev–Trinajstić information content (AvgIpc) is 3.06. The van der Waals surface area contributed by atoms with Crippen molar-refractivity contribution in [1.29, 1.82) is 0 Å². The molecule has 1 aliphatic rings. The van der Waals surface area contributed by atoms with E-state index < -0.39 is 15.9 Å². The number of hydrogen-bond donors (Lipinski definition) is 0. The van der Waals surface area contributed by atoms with Gasteiger partial charge in [-0.1, -0.05) is 29.6 Å². The molecule has 10 heteroatoms. The Labute approximate surface area is 174 Å². The van der Waals surface area contributed by atoms with E-state index in [-0.39, 0.29) is 20.5 Å². The summed E-state index contributed by atoms with van der Waals surface area (Å²) < 4.78 is 29.1. The van der Waals surface area contributed by atoms with Crippen molar-refractivity contribution in [3.63, 3.8) is 0 Å². The minimum absolute atomic E-state index is 0.0152. The first-order valence-corrected chi connectivity index (χ1v) is 11.1. The van der Waals surface area contributed by atoms with Gasteiger partial charge in [-0.2, -0.15) is 9.40 Å². The summed E-state index contributed by atoms with van der Waals surface area (Å²) in [6.07, 6.45) is 4.27. The summed E-state index contributed by atoms with van der Waals surface area (Å²) in [7, 11) is -0.382. The smallest absolute Gasteiger partial charge is 0.255 e. The highest BCUT2D eigenvalue weighted by Gasteiger charge is 2.30. The van der Waals surface area contributed by atoms with Crippen molar-refractivity contribution in [2.24, 2.45) is 7.05 Å². The van der Waals surface area contributed by atoms with Crippen LogP contribution >= 0.6 is 23.2 Å². The quantitative estimate of drug-likeness (QED) is 0.709. The van der Waals surface area contributed by atoms with E-state index in [2.05, 4.69) is 5.10 Å². The van der Waals surface area contributed by atoms with Gasteiger partial charge in [0.2, 0.25) is 10.0 Å². The van der Waals surface area contributed by atoms with Gasteiger partial charge >= 0.3 is 0 Å². The van der Waals surface area contributed by atoms with Crippen molar-refractivity contribution >= 4 is 39.1 Å². The van der Waals surface area contributed by atoms with Crippen LogP contribution in [0, 0.1) is 0 Å². The van der Waals surface area contributed by atoms with E-state index in [0.717, 1.165) is 25.0 Å². The molecule has 152 valence electrons. The van der Waals surface area contributed by atoms with Gasteiger partial charge in [0.05, 0.1) is 27.8 Å². The zero-order chi connectivity index (χ0) is 20.5. The zero-order valence-electron chi connectivity index (χ0n) is 15.7. The lowest BCUT2D eigenvalue weighted by molar-refractivity contribution is 0.0782. The molecule has 1 saturated heterocycles. The molecule has 28 heavy (non-hydrogen) atoms. The Morgan fingerprint density at radius 1 is 1.18 bits per heavy atom. The number of nitrogens with zero attached hydrogens (tertiary/aromatic N) is 4. The molecule has 1 aromatic carbocycles. The van der Waals surface area contributed by atoms with Gasteiger partial charge in [-0.25, -0.2) is 8.42 Å². The van der Waals surface area contributed by atoms with E-state index >= 15 is 0 Å². The lowest BCUT2D eigenvalue weighted by atomic mass is 10.2. The predicted octanol–water partition coefficient (Wildman–Crippen LogP) is 3.17. The number of halogens is 2. The fourth-order valence-electron chi connectivity index (χ4n) is 3.21. The van der Waals surface area contributed by atoms with Gasteiger partial charge < -0.3 is 4.90 Å². The Bertz CT molecular complexity index is 985. The van der Waals surface area contributed by atoms with Crippen LogP contribution in [0.15, 0.2) is 29.3 Å². The molecule has 0 saturated carbocycles. The standard InChI is InChI=1S/C18H22Cl2N4O3S/c1-22(12-13-6-7-21-23(13)2)18(25)14-10-17(16(20)11-15(14)19)28(26,27)24-8-4-3-5-9-24/h6-7,10-11H,3-5,8-9,12H2,1-2H3. The number of aromatic nitrogens is 2. The largest absolute Gasteiger partial charge is 0.336 e. The molecular weight excluding hydrogens is 423 g/mol. The van der Waals surface area contributed by atoms with Gasteiger partial charge in [-0.05, 0) is 31.0 Å². The molecule has 0 spiro atoms. The molecule has 0 N–H and O–H groups in total. The predicted molar refractivity (Wildman–Crippen MR) is 108 cm³/mol. The summed E-state index contributed by atoms with van der Waals surface area (Å²) in [5.74, 6) is -0.391. The number of amides is 1. The maximum atomic E-state index is 13.0. The molecule has 7 nitrogen and oxygen atoms in total. The second kappa shape index (κ2) is 8.41. The third-order valence-corrected chi connectivity index (χ3v) is 7.53. The lowest BCUT2D eigenvalue weighted by Crippen LogP contribution is -2.36. The van der Waals surface area contributed by atoms with Gasteiger partial charge in [-0.15, -0.1) is 0 Å². The van der Waals surface area contributed by atoms with Gasteiger partial charge in [0, 0.05) is 33.4 Å². The van der Waals surface area contributed by atoms with Crippen LogP contribution < -0.4 is 0 Å². The fraction of sp³-hybridized carbons (Fsp3) is 0.444. The van der Waals surface area contributed by atoms with Crippen LogP contribution in [-0.2, 0) is 23.6 Å². The van der Waals surface area contributed by atoms with Crippen molar-refractivity contribution in [3.8, 4) is 0 Å². The monoisotopic (exact) mass is 444 g/mol. The zero-order valence-corrected chi connectivity index (χ0v) is 18.1. The molecule has 1 amide bonds. The van der Waals surface area contributed by atoms with E-state index in [1.807, 2.05) is 0 Å². The van der Waals surface area contributed by atoms with E-state index in [1.54, 1.807) is 31.0 Å². The van der Waals surface area contributed by atoms with Crippen LogP contribution in [0.3, 0.4) is 0 Å². The van der Waals surface area contributed by atoms with Crippen molar-refractivity contribution in [2.45, 2.75) is 30.7 Å². The Hall–Kier alpha value is -1.61. The summed E-state index contributed by atoms with van der Waals surface area (Å²) in [4.78, 5) is 14.3. The second-order valence-corrected chi connectivity index (χ2v) is 9.56. The highest BCUT2D eigenvalue weighted by molar-refractivity contribution is 7.89. The summed E-state index contributed by atoms with van der Waals surface area (Å²) >= 11 is 12.4. The Morgan fingerprint density at radius 3 is 2.46 bits per heavy atom. The number of sulfonamides is 1.